The first-order chi connectivity index (χ1) is 28.5. The Hall–Kier alpha value is -4.10. The summed E-state index contributed by atoms with van der Waals surface area (Å²) in [5, 5.41) is 22.7. The van der Waals surface area contributed by atoms with Gasteiger partial charge in [-0.25, -0.2) is 0 Å². The van der Waals surface area contributed by atoms with Crippen LogP contribution >= 0.6 is 89.3 Å². The van der Waals surface area contributed by atoms with Gasteiger partial charge in [0.15, 0.2) is 0 Å². The van der Waals surface area contributed by atoms with Crippen LogP contribution in [0.15, 0.2) is 215 Å². The normalized spacial score (nSPS) is 9.76. The van der Waals surface area contributed by atoms with Gasteiger partial charge in [0.25, 0.3) is 0 Å². The average molecular weight is 1080 g/mol. The van der Waals surface area contributed by atoms with Crippen LogP contribution in [0.3, 0.4) is 0 Å². The molecule has 0 spiro atoms. The van der Waals surface area contributed by atoms with Crippen LogP contribution in [0.1, 0.15) is 0 Å². The third-order valence-electron chi connectivity index (χ3n) is 7.93. The lowest BCUT2D eigenvalue weighted by Crippen LogP contribution is -2.29. The average Bonchev–Trinajstić information content (AvgIpc) is 3.26. The number of rotatable bonds is 5. The topological polar surface area (TPSA) is 78.5 Å². The minimum absolute atomic E-state index is 0.525. The number of benzene rings is 8. The summed E-state index contributed by atoms with van der Waals surface area (Å²) in [6, 6.07) is 66.4. The number of nitrogens with two attached hydrogens (primary N) is 1. The Balaban J connectivity index is 0.000000173. The van der Waals surface area contributed by atoms with Crippen molar-refractivity contribution in [2.24, 2.45) is 0 Å². The van der Waals surface area contributed by atoms with Crippen molar-refractivity contribution in [1.29, 1.82) is 0 Å². The molecule has 0 aliphatic rings. The van der Waals surface area contributed by atoms with Crippen molar-refractivity contribution in [2.45, 2.75) is 0 Å². The highest BCUT2D eigenvalue weighted by Crippen LogP contribution is 2.31. The van der Waals surface area contributed by atoms with Crippen molar-refractivity contribution < 1.29 is 10.0 Å². The highest BCUT2D eigenvalue weighted by Gasteiger charge is 2.08. The molecule has 11 heteroatoms. The maximum absolute atomic E-state index is 8.58. The van der Waals surface area contributed by atoms with Crippen molar-refractivity contribution in [3.8, 4) is 22.3 Å². The largest absolute Gasteiger partial charge is 0.488 e. The van der Waals surface area contributed by atoms with E-state index in [0.29, 0.717) is 5.46 Å². The lowest BCUT2D eigenvalue weighted by atomic mass is 9.81. The summed E-state index contributed by atoms with van der Waals surface area (Å²) in [5.41, 5.74) is 13.3. The van der Waals surface area contributed by atoms with Crippen LogP contribution in [0.2, 0.25) is 15.1 Å². The summed E-state index contributed by atoms with van der Waals surface area (Å²) in [5.74, 6) is 0. The number of nitrogen functional groups attached to an aromatic ring is 1. The first-order valence-electron chi connectivity index (χ1n) is 18.0. The zero-order chi connectivity index (χ0) is 42.4. The van der Waals surface area contributed by atoms with Crippen LogP contribution in [-0.4, -0.2) is 17.2 Å². The number of nitrogens with one attached hydrogen (secondary N) is 1. The minimum atomic E-state index is -1.34. The molecule has 0 radical (unpaired) electrons. The Morgan fingerprint density at radius 3 is 1.25 bits per heavy atom. The second-order valence-corrected chi connectivity index (χ2v) is 16.5. The molecule has 8 aromatic carbocycles. The van der Waals surface area contributed by atoms with E-state index in [1.165, 1.54) is 11.1 Å². The monoisotopic (exact) mass is 1080 g/mol. The van der Waals surface area contributed by atoms with Crippen LogP contribution in [0.4, 0.5) is 17.1 Å². The van der Waals surface area contributed by atoms with E-state index in [9.17, 15) is 0 Å². The van der Waals surface area contributed by atoms with Crippen LogP contribution in [0, 0.1) is 3.57 Å². The fourth-order valence-corrected chi connectivity index (χ4v) is 6.72. The van der Waals surface area contributed by atoms with Crippen molar-refractivity contribution in [3.63, 3.8) is 0 Å². The van der Waals surface area contributed by atoms with E-state index >= 15 is 0 Å². The highest BCUT2D eigenvalue weighted by molar-refractivity contribution is 14.1. The van der Waals surface area contributed by atoms with Crippen LogP contribution in [0.5, 0.6) is 0 Å². The van der Waals surface area contributed by atoms with Gasteiger partial charge in [0.05, 0.1) is 20.8 Å². The van der Waals surface area contributed by atoms with Crippen LogP contribution in [0.25, 0.3) is 22.3 Å². The number of hydrogen-bond acceptors (Lipinski definition) is 4. The van der Waals surface area contributed by atoms with Crippen molar-refractivity contribution >= 4 is 119 Å². The molecule has 8 aromatic rings. The predicted octanol–water partition coefficient (Wildman–Crippen LogP) is 14.9. The van der Waals surface area contributed by atoms with Gasteiger partial charge in [-0.05, 0) is 149 Å². The molecule has 0 aliphatic heterocycles. The Kier molecular flexibility index (Phi) is 21.1. The Morgan fingerprint density at radius 2 is 0.864 bits per heavy atom. The highest BCUT2D eigenvalue weighted by atomic mass is 127. The van der Waals surface area contributed by atoms with E-state index in [2.05, 4.69) is 90.1 Å². The van der Waals surface area contributed by atoms with E-state index in [1.54, 1.807) is 24.3 Å². The van der Waals surface area contributed by atoms with Gasteiger partial charge in [0.2, 0.25) is 0 Å². The molecule has 0 aromatic heterocycles. The fraction of sp³-hybridized carbons (Fsp3) is 0. The summed E-state index contributed by atoms with van der Waals surface area (Å²) in [6.07, 6.45) is 0. The summed E-state index contributed by atoms with van der Waals surface area (Å²) in [4.78, 5) is 0. The molecule has 0 aliphatic carbocycles. The predicted molar refractivity (Wildman–Crippen MR) is 270 cm³/mol. The molecule has 0 amide bonds. The first kappa shape index (κ1) is 47.6. The van der Waals surface area contributed by atoms with Gasteiger partial charge in [-0.2, -0.15) is 0 Å². The molecule has 59 heavy (non-hydrogen) atoms. The summed E-state index contributed by atoms with van der Waals surface area (Å²) >= 11 is 27.0. The maximum atomic E-state index is 8.58. The lowest BCUT2D eigenvalue weighted by molar-refractivity contribution is 0.426. The van der Waals surface area contributed by atoms with E-state index in [1.807, 2.05) is 152 Å². The quantitative estimate of drug-likeness (QED) is 0.0599. The summed E-state index contributed by atoms with van der Waals surface area (Å²) < 4.78 is 3.03. The molecule has 5 N–H and O–H groups in total. The molecule has 0 fully saturated rings. The van der Waals surface area contributed by atoms with Crippen molar-refractivity contribution in [2.75, 3.05) is 11.1 Å². The SMILES string of the molecule is Clc1cc(-c2ccccc2)ccc1Br.Clc1cc(-c2ccccc2)ccc1Nc1ccccc1.Clc1cc(I)ccc1Br.Nc1ccccc1.OB(O)c1ccccc1. The molecule has 0 saturated carbocycles. The molecule has 0 saturated heterocycles. The number of hydrogen-bond donors (Lipinski definition) is 4. The van der Waals surface area contributed by atoms with Crippen molar-refractivity contribution in [1.82, 2.24) is 0 Å². The number of halogens is 6. The molecule has 0 bridgehead atoms. The molecule has 0 unspecified atom stereocenters. The number of para-hydroxylation sites is 2. The fourth-order valence-electron chi connectivity index (χ4n) is 4.96. The van der Waals surface area contributed by atoms with Crippen LogP contribution in [-0.2, 0) is 0 Å². The van der Waals surface area contributed by atoms with Crippen LogP contribution < -0.4 is 16.5 Å². The number of anilines is 3. The molecule has 298 valence electrons. The second-order valence-electron chi connectivity index (χ2n) is 12.3. The van der Waals surface area contributed by atoms with Crippen molar-refractivity contribution in [3.05, 3.63) is 234 Å². The zero-order valence-corrected chi connectivity index (χ0v) is 39.0. The van der Waals surface area contributed by atoms with Gasteiger partial charge >= 0.3 is 7.12 Å². The zero-order valence-electron chi connectivity index (χ0n) is 31.4. The minimum Gasteiger partial charge on any atom is -0.423 e. The standard InChI is InChI=1S/C18H14ClN.C12H8BrCl.C6H7BO2.C6H3BrClI.C6H7N/c19-17-13-15(14-7-3-1-4-8-14)11-12-18(17)20-16-9-5-2-6-10-16;13-11-7-6-10(8-12(11)14)9-4-2-1-3-5-9;8-7(9)6-4-2-1-3-5-6;7-5-2-1-4(9)3-6(5)8;7-6-4-2-1-3-5-6/h1-13,20H;1-8H;1-5,8-9H;1-3H;1-5H,7H2. The summed E-state index contributed by atoms with van der Waals surface area (Å²) in [6.45, 7) is 0. The molecular formula is C48H39BBr2Cl3IN2O2. The van der Waals surface area contributed by atoms with E-state index < -0.39 is 7.12 Å². The van der Waals surface area contributed by atoms with Gasteiger partial charge in [0, 0.05) is 23.9 Å². The smallest absolute Gasteiger partial charge is 0.423 e. The Labute approximate surface area is 392 Å². The lowest BCUT2D eigenvalue weighted by Gasteiger charge is -2.10. The second kappa shape index (κ2) is 26.2. The third kappa shape index (κ3) is 17.6. The molecule has 8 rings (SSSR count). The van der Waals surface area contributed by atoms with Gasteiger partial charge in [0.1, 0.15) is 0 Å². The molecule has 0 heterocycles. The van der Waals surface area contributed by atoms with Gasteiger partial charge in [-0.1, -0.05) is 174 Å². The maximum Gasteiger partial charge on any atom is 0.488 e. The van der Waals surface area contributed by atoms with E-state index in [-0.39, 0.29) is 0 Å². The van der Waals surface area contributed by atoms with Gasteiger partial charge in [-0.15, -0.1) is 0 Å². The first-order valence-corrected chi connectivity index (χ1v) is 21.8. The van der Waals surface area contributed by atoms with E-state index in [0.717, 1.165) is 55.8 Å². The van der Waals surface area contributed by atoms with Gasteiger partial charge in [-0.3, -0.25) is 0 Å². The molecule has 4 nitrogen and oxygen atoms in total. The van der Waals surface area contributed by atoms with E-state index in [4.69, 9.17) is 50.6 Å². The molecule has 0 atom stereocenters. The Morgan fingerprint density at radius 1 is 0.458 bits per heavy atom. The third-order valence-corrected chi connectivity index (χ3v) is 11.4. The summed E-state index contributed by atoms with van der Waals surface area (Å²) in [7, 11) is -1.34. The molecular weight excluding hydrogens is 1040 g/mol. The van der Waals surface area contributed by atoms with Gasteiger partial charge < -0.3 is 21.1 Å². The Bertz CT molecular complexity index is 2420.